The summed E-state index contributed by atoms with van der Waals surface area (Å²) in [6, 6.07) is 18.7. The van der Waals surface area contributed by atoms with E-state index in [-0.39, 0.29) is 17.0 Å². The second-order valence-electron chi connectivity index (χ2n) is 6.63. The molecule has 3 aromatic carbocycles. The van der Waals surface area contributed by atoms with Gasteiger partial charge in [0.2, 0.25) is 0 Å². The van der Waals surface area contributed by atoms with Crippen molar-refractivity contribution in [2.24, 2.45) is 5.10 Å². The van der Waals surface area contributed by atoms with Crippen molar-refractivity contribution in [2.45, 2.75) is 0 Å². The quantitative estimate of drug-likeness (QED) is 0.213. The van der Waals surface area contributed by atoms with E-state index in [4.69, 9.17) is 0 Å². The minimum Gasteiger partial charge on any atom is -0.507 e. The van der Waals surface area contributed by atoms with E-state index >= 15 is 0 Å². The number of phenolic OH excluding ortho intramolecular Hbond substituents is 1. The Morgan fingerprint density at radius 2 is 1.90 bits per heavy atom. The summed E-state index contributed by atoms with van der Waals surface area (Å²) < 4.78 is 0.877. The van der Waals surface area contributed by atoms with Crippen LogP contribution < -0.4 is 5.43 Å². The van der Waals surface area contributed by atoms with Crippen molar-refractivity contribution in [1.82, 2.24) is 10.4 Å². The van der Waals surface area contributed by atoms with E-state index in [1.807, 2.05) is 48.5 Å². The Balaban J connectivity index is 1.68. The van der Waals surface area contributed by atoms with Crippen molar-refractivity contribution < 1.29 is 14.8 Å². The number of aromatic amines is 1. The number of hydrogen-bond acceptors (Lipinski definition) is 5. The van der Waals surface area contributed by atoms with Crippen LogP contribution in [-0.2, 0) is 0 Å². The zero-order chi connectivity index (χ0) is 22.0. The molecule has 4 aromatic rings. The number of nitrogens with zero attached hydrogens (tertiary/aromatic N) is 2. The van der Waals surface area contributed by atoms with Crippen molar-refractivity contribution >= 4 is 44.6 Å². The molecule has 0 saturated heterocycles. The number of H-pyrrole nitrogens is 1. The van der Waals surface area contributed by atoms with Gasteiger partial charge in [0.15, 0.2) is 0 Å². The number of halogens is 1. The van der Waals surface area contributed by atoms with Gasteiger partial charge in [-0.15, -0.1) is 0 Å². The van der Waals surface area contributed by atoms with Crippen LogP contribution in [0.15, 0.2) is 76.3 Å². The summed E-state index contributed by atoms with van der Waals surface area (Å²) in [7, 11) is 0. The van der Waals surface area contributed by atoms with Gasteiger partial charge in [-0.3, -0.25) is 14.9 Å². The van der Waals surface area contributed by atoms with Gasteiger partial charge in [-0.25, -0.2) is 5.43 Å². The van der Waals surface area contributed by atoms with Crippen molar-refractivity contribution in [2.75, 3.05) is 0 Å². The summed E-state index contributed by atoms with van der Waals surface area (Å²) in [6.07, 6.45) is 1.15. The first-order valence-electron chi connectivity index (χ1n) is 9.11. The summed E-state index contributed by atoms with van der Waals surface area (Å²) in [5.74, 6) is -0.684. The largest absolute Gasteiger partial charge is 0.507 e. The fraction of sp³-hybridized carbons (Fsp3) is 0. The molecule has 0 radical (unpaired) electrons. The van der Waals surface area contributed by atoms with Gasteiger partial charge in [-0.1, -0.05) is 46.3 Å². The first-order valence-corrected chi connectivity index (χ1v) is 9.91. The lowest BCUT2D eigenvalue weighted by Crippen LogP contribution is -2.18. The number of benzene rings is 3. The van der Waals surface area contributed by atoms with E-state index < -0.39 is 10.8 Å². The molecule has 1 aromatic heterocycles. The minimum atomic E-state index is -0.579. The smallest absolute Gasteiger partial charge is 0.288 e. The molecule has 0 atom stereocenters. The SMILES string of the molecule is O=C(NN=Cc1cc([N+](=O)[O-])ccc1O)c1[nH]c2ccc(Br)cc2c1-c1ccccc1. The number of hydrogen-bond donors (Lipinski definition) is 3. The maximum Gasteiger partial charge on any atom is 0.288 e. The number of non-ortho nitro benzene ring substituents is 1. The normalized spacial score (nSPS) is 11.1. The van der Waals surface area contributed by atoms with E-state index in [0.717, 1.165) is 32.7 Å². The fourth-order valence-corrected chi connectivity index (χ4v) is 3.58. The predicted molar refractivity (Wildman–Crippen MR) is 121 cm³/mol. The van der Waals surface area contributed by atoms with E-state index in [2.05, 4.69) is 31.4 Å². The van der Waals surface area contributed by atoms with Gasteiger partial charge in [-0.05, 0) is 29.8 Å². The third-order valence-electron chi connectivity index (χ3n) is 4.64. The molecule has 3 N–H and O–H groups in total. The second kappa shape index (κ2) is 8.41. The Labute approximate surface area is 184 Å². The van der Waals surface area contributed by atoms with Crippen LogP contribution in [0.1, 0.15) is 16.1 Å². The molecule has 0 aliphatic rings. The highest BCUT2D eigenvalue weighted by molar-refractivity contribution is 9.10. The lowest BCUT2D eigenvalue weighted by Gasteiger charge is -2.05. The Morgan fingerprint density at radius 3 is 2.65 bits per heavy atom. The molecule has 0 spiro atoms. The van der Waals surface area contributed by atoms with Crippen molar-refractivity contribution in [3.05, 3.63) is 92.6 Å². The highest BCUT2D eigenvalue weighted by atomic mass is 79.9. The monoisotopic (exact) mass is 478 g/mol. The molecule has 9 heteroatoms. The van der Waals surface area contributed by atoms with Crippen molar-refractivity contribution in [3.8, 4) is 16.9 Å². The van der Waals surface area contributed by atoms with E-state index in [0.29, 0.717) is 5.69 Å². The number of hydrazone groups is 1. The number of carbonyl (C=O) groups excluding carboxylic acids is 1. The summed E-state index contributed by atoms with van der Waals surface area (Å²) in [5, 5.41) is 25.5. The number of nitro groups is 1. The van der Waals surface area contributed by atoms with Crippen molar-refractivity contribution in [3.63, 3.8) is 0 Å². The summed E-state index contributed by atoms with van der Waals surface area (Å²) in [6.45, 7) is 0. The van der Waals surface area contributed by atoms with Gasteiger partial charge < -0.3 is 10.1 Å². The third kappa shape index (κ3) is 4.17. The first-order chi connectivity index (χ1) is 14.9. The first kappa shape index (κ1) is 20.3. The van der Waals surface area contributed by atoms with Gasteiger partial charge in [0.25, 0.3) is 11.6 Å². The summed E-state index contributed by atoms with van der Waals surface area (Å²) >= 11 is 3.47. The number of aromatic nitrogens is 1. The second-order valence-corrected chi connectivity index (χ2v) is 7.55. The molecular formula is C22H15BrN4O4. The van der Waals surface area contributed by atoms with Gasteiger partial charge in [0, 0.05) is 38.6 Å². The van der Waals surface area contributed by atoms with Crippen LogP contribution in [0.3, 0.4) is 0 Å². The van der Waals surface area contributed by atoms with Crippen LogP contribution in [0, 0.1) is 10.1 Å². The highest BCUT2D eigenvalue weighted by Crippen LogP contribution is 2.34. The number of phenols is 1. The Bertz CT molecular complexity index is 1330. The Hall–Kier alpha value is -3.98. The van der Waals surface area contributed by atoms with Crippen LogP contribution >= 0.6 is 15.9 Å². The number of nitro benzene ring substituents is 1. The molecule has 0 fully saturated rings. The summed E-state index contributed by atoms with van der Waals surface area (Å²) in [5.41, 5.74) is 5.02. The Kier molecular flexibility index (Phi) is 5.50. The van der Waals surface area contributed by atoms with Gasteiger partial charge in [0.1, 0.15) is 11.4 Å². The van der Waals surface area contributed by atoms with Gasteiger partial charge in [0.05, 0.1) is 11.1 Å². The maximum absolute atomic E-state index is 12.9. The van der Waals surface area contributed by atoms with Gasteiger partial charge in [-0.2, -0.15) is 5.10 Å². The molecule has 0 aliphatic heterocycles. The topological polar surface area (TPSA) is 121 Å². The lowest BCUT2D eigenvalue weighted by atomic mass is 10.0. The average Bonchev–Trinajstić information content (AvgIpc) is 3.14. The Morgan fingerprint density at radius 1 is 1.13 bits per heavy atom. The number of aromatic hydroxyl groups is 1. The van der Waals surface area contributed by atoms with E-state index in [1.165, 1.54) is 18.2 Å². The standard InChI is InChI=1S/C22H15BrN4O4/c23-15-6-8-18-17(11-15)20(13-4-2-1-3-5-13)21(25-18)22(29)26-24-12-14-10-16(27(30)31)7-9-19(14)28/h1-12,25,28H,(H,26,29). The van der Waals surface area contributed by atoms with Crippen LogP contribution in [-0.4, -0.2) is 27.1 Å². The molecule has 4 rings (SSSR count). The van der Waals surface area contributed by atoms with E-state index in [9.17, 15) is 20.0 Å². The van der Waals surface area contributed by atoms with Crippen molar-refractivity contribution in [1.29, 1.82) is 0 Å². The van der Waals surface area contributed by atoms with Crippen LogP contribution in [0.4, 0.5) is 5.69 Å². The summed E-state index contributed by atoms with van der Waals surface area (Å²) in [4.78, 5) is 26.4. The number of carbonyl (C=O) groups is 1. The molecule has 8 nitrogen and oxygen atoms in total. The fourth-order valence-electron chi connectivity index (χ4n) is 3.21. The minimum absolute atomic E-state index is 0.110. The zero-order valence-corrected chi connectivity index (χ0v) is 17.5. The molecule has 0 bridgehead atoms. The predicted octanol–water partition coefficient (Wildman–Crippen LogP) is 4.98. The lowest BCUT2D eigenvalue weighted by molar-refractivity contribution is -0.384. The molecule has 154 valence electrons. The van der Waals surface area contributed by atoms with Crippen LogP contribution in [0.25, 0.3) is 22.0 Å². The third-order valence-corrected chi connectivity index (χ3v) is 5.14. The maximum atomic E-state index is 12.9. The van der Waals surface area contributed by atoms with Gasteiger partial charge >= 0.3 is 0 Å². The molecule has 31 heavy (non-hydrogen) atoms. The molecule has 1 heterocycles. The number of amides is 1. The number of rotatable bonds is 5. The average molecular weight is 479 g/mol. The molecule has 0 saturated carbocycles. The molecular weight excluding hydrogens is 464 g/mol. The molecule has 0 unspecified atom stereocenters. The number of nitrogens with one attached hydrogen (secondary N) is 2. The zero-order valence-electron chi connectivity index (χ0n) is 15.9. The van der Waals surface area contributed by atoms with E-state index in [1.54, 1.807) is 0 Å². The number of fused-ring (bicyclic) bond motifs is 1. The molecule has 0 aliphatic carbocycles. The highest BCUT2D eigenvalue weighted by Gasteiger charge is 2.19. The molecule has 1 amide bonds. The van der Waals surface area contributed by atoms with Crippen LogP contribution in [0.2, 0.25) is 0 Å². The van der Waals surface area contributed by atoms with Crippen LogP contribution in [0.5, 0.6) is 5.75 Å².